The molecule has 7 heteroatoms. The number of hydrogen-bond acceptors (Lipinski definition) is 5. The number of carbonyl (C=O) groups excluding carboxylic acids is 3. The summed E-state index contributed by atoms with van der Waals surface area (Å²) in [6.45, 7) is 3.71. The van der Waals surface area contributed by atoms with E-state index < -0.39 is 11.9 Å². The molecule has 1 heterocycles. The molecule has 0 atom stereocenters. The van der Waals surface area contributed by atoms with Crippen molar-refractivity contribution in [3.05, 3.63) is 65.7 Å². The molecule has 2 aromatic rings. The van der Waals surface area contributed by atoms with Crippen molar-refractivity contribution in [3.63, 3.8) is 0 Å². The van der Waals surface area contributed by atoms with Crippen LogP contribution in [0, 0.1) is 6.92 Å². The highest BCUT2D eigenvalue weighted by Gasteiger charge is 2.20. The second-order valence-electron chi connectivity index (χ2n) is 7.24. The number of anilines is 3. The quantitative estimate of drug-likeness (QED) is 0.718. The van der Waals surface area contributed by atoms with Gasteiger partial charge in [-0.25, -0.2) is 0 Å². The first-order valence-electron chi connectivity index (χ1n) is 9.89. The van der Waals surface area contributed by atoms with Crippen molar-refractivity contribution in [2.75, 3.05) is 28.6 Å². The van der Waals surface area contributed by atoms with Gasteiger partial charge in [0.05, 0.1) is 11.5 Å². The predicted molar refractivity (Wildman–Crippen MR) is 114 cm³/mol. The van der Waals surface area contributed by atoms with Crippen LogP contribution in [0.15, 0.2) is 54.6 Å². The Balaban J connectivity index is 1.87. The first-order chi connectivity index (χ1) is 14.4. The number of rotatable bonds is 6. The predicted octanol–water partition coefficient (Wildman–Crippen LogP) is 2.48. The van der Waals surface area contributed by atoms with E-state index >= 15 is 0 Å². The van der Waals surface area contributed by atoms with E-state index in [1.807, 2.05) is 37.3 Å². The van der Waals surface area contributed by atoms with Crippen molar-refractivity contribution in [3.8, 4) is 0 Å². The molecule has 0 aliphatic carbocycles. The maximum atomic E-state index is 13.1. The van der Waals surface area contributed by atoms with E-state index in [0.29, 0.717) is 23.0 Å². The lowest BCUT2D eigenvalue weighted by Crippen LogP contribution is -2.31. The summed E-state index contributed by atoms with van der Waals surface area (Å²) in [7, 11) is 0. The highest BCUT2D eigenvalue weighted by molar-refractivity contribution is 6.10. The van der Waals surface area contributed by atoms with Crippen LogP contribution in [-0.4, -0.2) is 30.9 Å². The molecule has 156 valence electrons. The van der Waals surface area contributed by atoms with Gasteiger partial charge in [0.25, 0.3) is 5.91 Å². The average Bonchev–Trinajstić information content (AvgIpc) is 2.74. The maximum absolute atomic E-state index is 13.1. The number of benzene rings is 2. The van der Waals surface area contributed by atoms with E-state index in [1.54, 1.807) is 12.1 Å². The summed E-state index contributed by atoms with van der Waals surface area (Å²) in [6, 6.07) is 12.6. The summed E-state index contributed by atoms with van der Waals surface area (Å²) < 4.78 is 0. The molecule has 2 amide bonds. The highest BCUT2D eigenvalue weighted by Crippen LogP contribution is 2.28. The number of aliphatic carboxylic acids is 1. The molecule has 0 bridgehead atoms. The van der Waals surface area contributed by atoms with Gasteiger partial charge in [-0.2, -0.15) is 0 Å². The van der Waals surface area contributed by atoms with Gasteiger partial charge >= 0.3 is 0 Å². The van der Waals surface area contributed by atoms with Crippen LogP contribution in [0.25, 0.3) is 0 Å². The summed E-state index contributed by atoms with van der Waals surface area (Å²) in [5.41, 5.74) is 3.43. The highest BCUT2D eigenvalue weighted by atomic mass is 16.4. The summed E-state index contributed by atoms with van der Waals surface area (Å²) in [5.74, 6) is -2.35. The fraction of sp³-hybridized carbons (Fsp3) is 0.261. The van der Waals surface area contributed by atoms with Gasteiger partial charge in [-0.1, -0.05) is 17.7 Å². The van der Waals surface area contributed by atoms with Gasteiger partial charge in [-0.3, -0.25) is 9.59 Å². The number of nitrogens with one attached hydrogen (secondary N) is 2. The zero-order valence-electron chi connectivity index (χ0n) is 16.8. The van der Waals surface area contributed by atoms with Crippen LogP contribution in [0.2, 0.25) is 0 Å². The van der Waals surface area contributed by atoms with E-state index in [2.05, 4.69) is 15.5 Å². The minimum Gasteiger partial charge on any atom is -0.545 e. The van der Waals surface area contributed by atoms with Crippen LogP contribution in [0.4, 0.5) is 17.1 Å². The maximum Gasteiger partial charge on any atom is 0.257 e. The minimum atomic E-state index is -1.45. The van der Waals surface area contributed by atoms with E-state index in [4.69, 9.17) is 0 Å². The normalized spacial score (nSPS) is 13.8. The Morgan fingerprint density at radius 2 is 1.57 bits per heavy atom. The van der Waals surface area contributed by atoms with E-state index in [9.17, 15) is 19.5 Å². The molecule has 1 fully saturated rings. The molecule has 1 saturated heterocycles. The summed E-state index contributed by atoms with van der Waals surface area (Å²) in [4.78, 5) is 37.6. The molecule has 0 aromatic heterocycles. The Labute approximate surface area is 175 Å². The van der Waals surface area contributed by atoms with Crippen molar-refractivity contribution in [2.45, 2.75) is 26.2 Å². The van der Waals surface area contributed by atoms with Gasteiger partial charge in [0.2, 0.25) is 5.91 Å². The molecular weight excluding hydrogens is 382 g/mol. The fourth-order valence-electron chi connectivity index (χ4n) is 3.37. The van der Waals surface area contributed by atoms with Gasteiger partial charge in [0.15, 0.2) is 0 Å². The first-order valence-corrected chi connectivity index (χ1v) is 9.89. The number of carbonyl (C=O) groups is 3. The monoisotopic (exact) mass is 406 g/mol. The Morgan fingerprint density at radius 1 is 0.900 bits per heavy atom. The van der Waals surface area contributed by atoms with Crippen molar-refractivity contribution in [1.29, 1.82) is 0 Å². The Hall–Kier alpha value is -3.61. The molecule has 0 spiro atoms. The van der Waals surface area contributed by atoms with Crippen LogP contribution in [0.5, 0.6) is 0 Å². The number of hydrogen-bond donors (Lipinski definition) is 2. The third-order valence-corrected chi connectivity index (χ3v) is 4.89. The van der Waals surface area contributed by atoms with Crippen molar-refractivity contribution < 1.29 is 19.5 Å². The lowest BCUT2D eigenvalue weighted by molar-refractivity contribution is -0.297. The topological polar surface area (TPSA) is 102 Å². The smallest absolute Gasteiger partial charge is 0.257 e. The van der Waals surface area contributed by atoms with Crippen LogP contribution >= 0.6 is 0 Å². The number of carboxylic acid groups (broad SMARTS) is 1. The van der Waals surface area contributed by atoms with Gasteiger partial charge in [0.1, 0.15) is 0 Å². The molecule has 2 N–H and O–H groups in total. The third kappa shape index (κ3) is 5.70. The Kier molecular flexibility index (Phi) is 6.85. The zero-order valence-corrected chi connectivity index (χ0v) is 16.8. The zero-order chi connectivity index (χ0) is 21.5. The van der Waals surface area contributed by atoms with Gasteiger partial charge in [-0.05, 0) is 62.6 Å². The summed E-state index contributed by atoms with van der Waals surface area (Å²) in [6.07, 6.45) is 4.82. The first kappa shape index (κ1) is 21.1. The lowest BCUT2D eigenvalue weighted by Gasteiger charge is -2.30. The molecule has 0 unspecified atom stereocenters. The largest absolute Gasteiger partial charge is 0.545 e. The van der Waals surface area contributed by atoms with E-state index in [1.165, 1.54) is 6.42 Å². The molecule has 0 saturated carbocycles. The standard InChI is InChI=1S/C23H25N3O4/c1-16-5-7-17(8-6-16)25-23(30)19-15-18(24-21(27)11-12-22(28)29)9-10-20(19)26-13-3-2-4-14-26/h5-12,15H,2-4,13-14H2,1H3,(H,24,27)(H,25,30)(H,28,29)/p-1/b12-11-. The van der Waals surface area contributed by atoms with Crippen molar-refractivity contribution in [1.82, 2.24) is 0 Å². The Bertz CT molecular complexity index is 961. The molecule has 1 aliphatic heterocycles. The third-order valence-electron chi connectivity index (χ3n) is 4.89. The minimum absolute atomic E-state index is 0.277. The van der Waals surface area contributed by atoms with Crippen molar-refractivity contribution in [2.24, 2.45) is 0 Å². The number of nitrogens with zero attached hydrogens (tertiary/aromatic N) is 1. The molecular formula is C23H24N3O4-. The number of carboxylic acids is 1. The summed E-state index contributed by atoms with van der Waals surface area (Å²) >= 11 is 0. The number of amides is 2. The van der Waals surface area contributed by atoms with E-state index in [-0.39, 0.29) is 5.91 Å². The van der Waals surface area contributed by atoms with Crippen LogP contribution in [0.3, 0.4) is 0 Å². The second-order valence-corrected chi connectivity index (χ2v) is 7.24. The van der Waals surface area contributed by atoms with Crippen LogP contribution in [0.1, 0.15) is 35.2 Å². The number of piperidine rings is 1. The molecule has 0 radical (unpaired) electrons. The van der Waals surface area contributed by atoms with Gasteiger partial charge in [-0.15, -0.1) is 0 Å². The fourth-order valence-corrected chi connectivity index (χ4v) is 3.37. The SMILES string of the molecule is Cc1ccc(NC(=O)c2cc(NC(=O)/C=C\C(=O)[O-])ccc2N2CCCCC2)cc1. The summed E-state index contributed by atoms with van der Waals surface area (Å²) in [5, 5.41) is 16.0. The van der Waals surface area contributed by atoms with Crippen LogP contribution < -0.4 is 20.6 Å². The Morgan fingerprint density at radius 3 is 2.23 bits per heavy atom. The van der Waals surface area contributed by atoms with Gasteiger partial charge in [0, 0.05) is 36.2 Å². The average molecular weight is 406 g/mol. The van der Waals surface area contributed by atoms with E-state index in [0.717, 1.165) is 43.3 Å². The molecule has 1 aliphatic rings. The molecule has 3 rings (SSSR count). The van der Waals surface area contributed by atoms with Crippen molar-refractivity contribution >= 4 is 34.8 Å². The van der Waals surface area contributed by atoms with Gasteiger partial charge < -0.3 is 25.4 Å². The molecule has 30 heavy (non-hydrogen) atoms. The second kappa shape index (κ2) is 9.73. The lowest BCUT2D eigenvalue weighted by atomic mass is 10.1. The number of aryl methyl sites for hydroxylation is 1. The molecule has 2 aromatic carbocycles. The molecule has 7 nitrogen and oxygen atoms in total. The van der Waals surface area contributed by atoms with Crippen LogP contribution in [-0.2, 0) is 9.59 Å².